The molecule has 0 aromatic heterocycles. The number of methoxy groups -OCH3 is 1. The van der Waals surface area contributed by atoms with Gasteiger partial charge in [-0.05, 0) is 37.5 Å². The molecule has 1 unspecified atom stereocenters. The average Bonchev–Trinajstić information content (AvgIpc) is 2.25. The molecule has 1 rings (SSSR count). The highest BCUT2D eigenvalue weighted by atomic mass is 16.5. The maximum atomic E-state index is 5.57. The maximum Gasteiger partial charge on any atom is 0.124 e. The van der Waals surface area contributed by atoms with Crippen LogP contribution in [-0.2, 0) is 0 Å². The fraction of sp³-hybridized carbons (Fsp3) is 0.385. The van der Waals surface area contributed by atoms with Crippen LogP contribution in [0.5, 0.6) is 5.75 Å². The molecule has 1 aromatic rings. The first-order valence-electron chi connectivity index (χ1n) is 5.36. The van der Waals surface area contributed by atoms with Crippen molar-refractivity contribution in [3.63, 3.8) is 0 Å². The van der Waals surface area contributed by atoms with Crippen molar-refractivity contribution >= 4 is 0 Å². The van der Waals surface area contributed by atoms with E-state index in [2.05, 4.69) is 31.9 Å². The van der Waals surface area contributed by atoms with Crippen LogP contribution in [0.3, 0.4) is 0 Å². The van der Waals surface area contributed by atoms with Gasteiger partial charge in [0.1, 0.15) is 5.75 Å². The molecule has 0 amide bonds. The molecule has 0 aliphatic heterocycles. The molecule has 1 atom stereocenters. The molecule has 3 heteroatoms. The van der Waals surface area contributed by atoms with Crippen LogP contribution in [0.4, 0.5) is 0 Å². The van der Waals surface area contributed by atoms with Gasteiger partial charge in [0.05, 0.1) is 13.2 Å². The lowest BCUT2D eigenvalue weighted by Crippen LogP contribution is -2.28. The molecular weight excluding hydrogens is 200 g/mol. The minimum absolute atomic E-state index is 0.0491. The smallest absolute Gasteiger partial charge is 0.124 e. The third kappa shape index (κ3) is 2.62. The van der Waals surface area contributed by atoms with Crippen molar-refractivity contribution in [2.45, 2.75) is 26.3 Å². The molecular formula is C13H20N2O. The molecule has 3 nitrogen and oxygen atoms in total. The molecule has 0 bridgehead atoms. The number of hydrogen-bond donors (Lipinski definition) is 2. The average molecular weight is 220 g/mol. The summed E-state index contributed by atoms with van der Waals surface area (Å²) in [5.74, 6) is 6.45. The summed E-state index contributed by atoms with van der Waals surface area (Å²) in [5.41, 5.74) is 6.28. The van der Waals surface area contributed by atoms with Crippen molar-refractivity contribution in [2.75, 3.05) is 7.11 Å². The van der Waals surface area contributed by atoms with Crippen LogP contribution in [0.25, 0.3) is 0 Å². The van der Waals surface area contributed by atoms with E-state index < -0.39 is 0 Å². The summed E-state index contributed by atoms with van der Waals surface area (Å²) in [6.45, 7) is 7.86. The van der Waals surface area contributed by atoms with Crippen molar-refractivity contribution in [3.05, 3.63) is 41.5 Å². The standard InChI is InChI=1S/C13H20N2O/c1-5-6-11(15-14)13-10(3)7-9(2)8-12(13)16-4/h5,7-8,11,15H,1,6,14H2,2-4H3. The van der Waals surface area contributed by atoms with Crippen LogP contribution in [0, 0.1) is 13.8 Å². The number of nitrogens with one attached hydrogen (secondary N) is 1. The third-order valence-electron chi connectivity index (χ3n) is 2.67. The van der Waals surface area contributed by atoms with Crippen LogP contribution in [-0.4, -0.2) is 7.11 Å². The highest BCUT2D eigenvalue weighted by Gasteiger charge is 2.16. The Balaban J connectivity index is 3.23. The van der Waals surface area contributed by atoms with E-state index in [4.69, 9.17) is 10.6 Å². The van der Waals surface area contributed by atoms with Crippen molar-refractivity contribution in [1.29, 1.82) is 0 Å². The van der Waals surface area contributed by atoms with Gasteiger partial charge in [0, 0.05) is 5.56 Å². The summed E-state index contributed by atoms with van der Waals surface area (Å²) in [5, 5.41) is 0. The normalized spacial score (nSPS) is 12.2. The highest BCUT2D eigenvalue weighted by molar-refractivity contribution is 5.45. The molecule has 0 heterocycles. The van der Waals surface area contributed by atoms with Gasteiger partial charge in [-0.25, -0.2) is 0 Å². The van der Waals surface area contributed by atoms with E-state index in [0.717, 1.165) is 17.7 Å². The number of ether oxygens (including phenoxy) is 1. The van der Waals surface area contributed by atoms with Crippen molar-refractivity contribution < 1.29 is 4.74 Å². The van der Waals surface area contributed by atoms with E-state index >= 15 is 0 Å². The number of benzene rings is 1. The summed E-state index contributed by atoms with van der Waals surface area (Å²) in [6.07, 6.45) is 2.63. The fourth-order valence-corrected chi connectivity index (χ4v) is 1.99. The lowest BCUT2D eigenvalue weighted by Gasteiger charge is -2.20. The first kappa shape index (κ1) is 12.7. The molecule has 88 valence electrons. The molecule has 0 aliphatic rings. The zero-order valence-corrected chi connectivity index (χ0v) is 10.2. The predicted molar refractivity (Wildman–Crippen MR) is 67.3 cm³/mol. The molecule has 0 fully saturated rings. The van der Waals surface area contributed by atoms with Crippen LogP contribution in [0.15, 0.2) is 24.8 Å². The number of hydrogen-bond acceptors (Lipinski definition) is 3. The second-order valence-electron chi connectivity index (χ2n) is 3.94. The predicted octanol–water partition coefficient (Wildman–Crippen LogP) is 2.39. The SMILES string of the molecule is C=CCC(NN)c1c(C)cc(C)cc1OC. The van der Waals surface area contributed by atoms with Crippen LogP contribution >= 0.6 is 0 Å². The van der Waals surface area contributed by atoms with E-state index in [9.17, 15) is 0 Å². The van der Waals surface area contributed by atoms with E-state index in [1.807, 2.05) is 12.1 Å². The van der Waals surface area contributed by atoms with E-state index in [1.165, 1.54) is 11.1 Å². The van der Waals surface area contributed by atoms with Crippen LogP contribution < -0.4 is 16.0 Å². The summed E-state index contributed by atoms with van der Waals surface area (Å²) in [7, 11) is 1.68. The minimum atomic E-state index is 0.0491. The topological polar surface area (TPSA) is 47.3 Å². The lowest BCUT2D eigenvalue weighted by atomic mass is 9.96. The molecule has 1 aromatic carbocycles. The Bertz CT molecular complexity index is 374. The Labute approximate surface area is 97.3 Å². The molecule has 0 radical (unpaired) electrons. The molecule has 3 N–H and O–H groups in total. The highest BCUT2D eigenvalue weighted by Crippen LogP contribution is 2.31. The van der Waals surface area contributed by atoms with Gasteiger partial charge in [-0.15, -0.1) is 6.58 Å². The second kappa shape index (κ2) is 5.68. The number of rotatable bonds is 5. The number of hydrazine groups is 1. The van der Waals surface area contributed by atoms with Crippen LogP contribution in [0.2, 0.25) is 0 Å². The summed E-state index contributed by atoms with van der Waals surface area (Å²) < 4.78 is 5.41. The van der Waals surface area contributed by atoms with Crippen molar-refractivity contribution in [2.24, 2.45) is 5.84 Å². The molecule has 16 heavy (non-hydrogen) atoms. The Morgan fingerprint density at radius 3 is 2.69 bits per heavy atom. The van der Waals surface area contributed by atoms with Crippen molar-refractivity contribution in [1.82, 2.24) is 5.43 Å². The van der Waals surface area contributed by atoms with Crippen LogP contribution in [0.1, 0.15) is 29.2 Å². The quantitative estimate of drug-likeness (QED) is 0.455. The molecule has 0 saturated heterocycles. The maximum absolute atomic E-state index is 5.57. The molecule has 0 saturated carbocycles. The summed E-state index contributed by atoms with van der Waals surface area (Å²) >= 11 is 0. The van der Waals surface area contributed by atoms with Gasteiger partial charge in [-0.1, -0.05) is 12.1 Å². The Morgan fingerprint density at radius 1 is 1.50 bits per heavy atom. The monoisotopic (exact) mass is 220 g/mol. The Kier molecular flexibility index (Phi) is 4.52. The molecule has 0 spiro atoms. The second-order valence-corrected chi connectivity index (χ2v) is 3.94. The van der Waals surface area contributed by atoms with Crippen molar-refractivity contribution in [3.8, 4) is 5.75 Å². The zero-order valence-electron chi connectivity index (χ0n) is 10.2. The van der Waals surface area contributed by atoms with Gasteiger partial charge in [0.2, 0.25) is 0 Å². The van der Waals surface area contributed by atoms with E-state index in [0.29, 0.717) is 0 Å². The summed E-state index contributed by atoms with van der Waals surface area (Å²) in [6, 6.07) is 4.20. The van der Waals surface area contributed by atoms with Gasteiger partial charge in [0.15, 0.2) is 0 Å². The Morgan fingerprint density at radius 2 is 2.19 bits per heavy atom. The van der Waals surface area contributed by atoms with Gasteiger partial charge >= 0.3 is 0 Å². The first-order chi connectivity index (χ1) is 7.63. The minimum Gasteiger partial charge on any atom is -0.496 e. The zero-order chi connectivity index (χ0) is 12.1. The number of aryl methyl sites for hydroxylation is 2. The largest absolute Gasteiger partial charge is 0.496 e. The lowest BCUT2D eigenvalue weighted by molar-refractivity contribution is 0.398. The van der Waals surface area contributed by atoms with Gasteiger partial charge in [-0.2, -0.15) is 0 Å². The van der Waals surface area contributed by atoms with Gasteiger partial charge in [0.25, 0.3) is 0 Å². The van der Waals surface area contributed by atoms with E-state index in [-0.39, 0.29) is 6.04 Å². The first-order valence-corrected chi connectivity index (χ1v) is 5.36. The number of nitrogens with two attached hydrogens (primary N) is 1. The third-order valence-corrected chi connectivity index (χ3v) is 2.67. The Hall–Kier alpha value is -1.32. The molecule has 0 aliphatic carbocycles. The van der Waals surface area contributed by atoms with E-state index in [1.54, 1.807) is 7.11 Å². The van der Waals surface area contributed by atoms with Gasteiger partial charge < -0.3 is 4.74 Å². The fourth-order valence-electron chi connectivity index (χ4n) is 1.99. The summed E-state index contributed by atoms with van der Waals surface area (Å²) in [4.78, 5) is 0. The van der Waals surface area contributed by atoms with Gasteiger partial charge in [-0.3, -0.25) is 11.3 Å².